The standard InChI is InChI=1S/C10H11ClN2OS/c11-8-1-2-9(12-4-8)13-5-7(6-15)3-10(13)14/h1-2,4,7,15H,3,5-6H2. The van der Waals surface area contributed by atoms with Gasteiger partial charge in [-0.3, -0.25) is 9.69 Å². The fraction of sp³-hybridized carbons (Fsp3) is 0.400. The molecule has 1 unspecified atom stereocenters. The van der Waals surface area contributed by atoms with Crippen LogP contribution in [0.4, 0.5) is 5.82 Å². The maximum atomic E-state index is 11.6. The van der Waals surface area contributed by atoms with Crippen LogP contribution in [-0.2, 0) is 4.79 Å². The van der Waals surface area contributed by atoms with Crippen molar-refractivity contribution >= 4 is 36.0 Å². The van der Waals surface area contributed by atoms with E-state index in [1.807, 2.05) is 0 Å². The van der Waals surface area contributed by atoms with Gasteiger partial charge < -0.3 is 0 Å². The molecule has 1 atom stereocenters. The van der Waals surface area contributed by atoms with Crippen LogP contribution in [0.15, 0.2) is 18.3 Å². The molecule has 1 aliphatic rings. The first-order valence-electron chi connectivity index (χ1n) is 4.73. The lowest BCUT2D eigenvalue weighted by Crippen LogP contribution is -2.25. The summed E-state index contributed by atoms with van der Waals surface area (Å²) in [5.74, 6) is 1.85. The Morgan fingerprint density at radius 3 is 2.93 bits per heavy atom. The summed E-state index contributed by atoms with van der Waals surface area (Å²) < 4.78 is 0. The largest absolute Gasteiger partial charge is 0.297 e. The van der Waals surface area contributed by atoms with E-state index in [0.717, 1.165) is 5.75 Å². The number of aromatic nitrogens is 1. The van der Waals surface area contributed by atoms with Crippen molar-refractivity contribution in [3.05, 3.63) is 23.4 Å². The maximum absolute atomic E-state index is 11.6. The van der Waals surface area contributed by atoms with E-state index in [1.165, 1.54) is 0 Å². The van der Waals surface area contributed by atoms with Gasteiger partial charge in [-0.1, -0.05) is 11.6 Å². The van der Waals surface area contributed by atoms with Gasteiger partial charge in [-0.05, 0) is 23.8 Å². The first-order chi connectivity index (χ1) is 7.20. The zero-order valence-electron chi connectivity index (χ0n) is 8.06. The van der Waals surface area contributed by atoms with Crippen LogP contribution in [-0.4, -0.2) is 23.2 Å². The summed E-state index contributed by atoms with van der Waals surface area (Å²) in [7, 11) is 0. The van der Waals surface area contributed by atoms with Gasteiger partial charge in [-0.2, -0.15) is 12.6 Å². The Bertz CT molecular complexity index is 368. The summed E-state index contributed by atoms with van der Waals surface area (Å²) >= 11 is 9.94. The highest BCUT2D eigenvalue weighted by Crippen LogP contribution is 2.24. The van der Waals surface area contributed by atoms with Crippen molar-refractivity contribution in [2.75, 3.05) is 17.2 Å². The summed E-state index contributed by atoms with van der Waals surface area (Å²) in [6.45, 7) is 0.705. The van der Waals surface area contributed by atoms with Crippen molar-refractivity contribution in [3.8, 4) is 0 Å². The van der Waals surface area contributed by atoms with E-state index in [1.54, 1.807) is 23.2 Å². The molecule has 1 aliphatic heterocycles. The molecule has 1 aromatic heterocycles. The summed E-state index contributed by atoms with van der Waals surface area (Å²) in [6, 6.07) is 3.51. The molecular formula is C10H11ClN2OS. The summed E-state index contributed by atoms with van der Waals surface area (Å²) in [6.07, 6.45) is 2.12. The number of anilines is 1. The number of nitrogens with zero attached hydrogens (tertiary/aromatic N) is 2. The van der Waals surface area contributed by atoms with Gasteiger partial charge in [0.15, 0.2) is 0 Å². The Morgan fingerprint density at radius 1 is 1.60 bits per heavy atom. The van der Waals surface area contributed by atoms with Crippen LogP contribution in [0.1, 0.15) is 6.42 Å². The second kappa shape index (κ2) is 4.41. The van der Waals surface area contributed by atoms with Crippen LogP contribution in [0, 0.1) is 5.92 Å². The zero-order valence-corrected chi connectivity index (χ0v) is 9.71. The zero-order chi connectivity index (χ0) is 10.8. The van der Waals surface area contributed by atoms with E-state index in [9.17, 15) is 4.79 Å². The fourth-order valence-electron chi connectivity index (χ4n) is 1.65. The topological polar surface area (TPSA) is 33.2 Å². The van der Waals surface area contributed by atoms with Crippen molar-refractivity contribution in [2.24, 2.45) is 5.92 Å². The highest BCUT2D eigenvalue weighted by Gasteiger charge is 2.30. The Kier molecular flexibility index (Phi) is 3.17. The van der Waals surface area contributed by atoms with Crippen molar-refractivity contribution in [1.29, 1.82) is 0 Å². The third-order valence-electron chi connectivity index (χ3n) is 2.45. The Hall–Kier alpha value is -0.740. The smallest absolute Gasteiger partial charge is 0.228 e. The molecule has 1 saturated heterocycles. The average molecular weight is 243 g/mol. The molecule has 2 heterocycles. The number of amides is 1. The van der Waals surface area contributed by atoms with Crippen molar-refractivity contribution in [1.82, 2.24) is 4.98 Å². The van der Waals surface area contributed by atoms with Gasteiger partial charge in [-0.15, -0.1) is 0 Å². The second-order valence-electron chi connectivity index (χ2n) is 3.59. The van der Waals surface area contributed by atoms with Crippen molar-refractivity contribution in [3.63, 3.8) is 0 Å². The summed E-state index contributed by atoms with van der Waals surface area (Å²) in [5, 5.41) is 0.580. The van der Waals surface area contributed by atoms with Gasteiger partial charge in [0.2, 0.25) is 5.91 Å². The van der Waals surface area contributed by atoms with E-state index in [-0.39, 0.29) is 5.91 Å². The predicted molar refractivity (Wildman–Crippen MR) is 63.6 cm³/mol. The third kappa shape index (κ3) is 2.26. The molecule has 1 aromatic rings. The Balaban J connectivity index is 2.18. The number of pyridine rings is 1. The molecule has 1 amide bonds. The first-order valence-corrected chi connectivity index (χ1v) is 5.74. The van der Waals surface area contributed by atoms with E-state index in [2.05, 4.69) is 17.6 Å². The molecule has 0 saturated carbocycles. The van der Waals surface area contributed by atoms with Crippen LogP contribution in [0.3, 0.4) is 0 Å². The Morgan fingerprint density at radius 2 is 2.40 bits per heavy atom. The van der Waals surface area contributed by atoms with E-state index >= 15 is 0 Å². The van der Waals surface area contributed by atoms with Crippen LogP contribution in [0.2, 0.25) is 5.02 Å². The minimum atomic E-state index is 0.115. The minimum absolute atomic E-state index is 0.115. The normalized spacial score (nSPS) is 21.1. The van der Waals surface area contributed by atoms with Crippen LogP contribution >= 0.6 is 24.2 Å². The summed E-state index contributed by atoms with van der Waals surface area (Å²) in [5.41, 5.74) is 0. The lowest BCUT2D eigenvalue weighted by Gasteiger charge is -2.14. The molecule has 3 nitrogen and oxygen atoms in total. The van der Waals surface area contributed by atoms with Crippen LogP contribution < -0.4 is 4.90 Å². The lowest BCUT2D eigenvalue weighted by molar-refractivity contribution is -0.117. The molecular weight excluding hydrogens is 232 g/mol. The number of carbonyl (C=O) groups excluding carboxylic acids is 1. The highest BCUT2D eigenvalue weighted by molar-refractivity contribution is 7.80. The molecule has 5 heteroatoms. The molecule has 0 radical (unpaired) electrons. The molecule has 0 N–H and O–H groups in total. The van der Waals surface area contributed by atoms with Gasteiger partial charge in [-0.25, -0.2) is 4.98 Å². The molecule has 0 spiro atoms. The van der Waals surface area contributed by atoms with Crippen LogP contribution in [0.5, 0.6) is 0 Å². The third-order valence-corrected chi connectivity index (χ3v) is 3.19. The number of carbonyl (C=O) groups is 1. The fourth-order valence-corrected chi connectivity index (χ4v) is 2.01. The molecule has 0 bridgehead atoms. The molecule has 0 aromatic carbocycles. The summed E-state index contributed by atoms with van der Waals surface area (Å²) in [4.78, 5) is 17.5. The van der Waals surface area contributed by atoms with Gasteiger partial charge in [0, 0.05) is 19.2 Å². The van der Waals surface area contributed by atoms with Gasteiger partial charge in [0.25, 0.3) is 0 Å². The maximum Gasteiger partial charge on any atom is 0.228 e. The Labute approximate surface area is 98.8 Å². The van der Waals surface area contributed by atoms with Crippen molar-refractivity contribution < 1.29 is 4.79 Å². The molecule has 15 heavy (non-hydrogen) atoms. The molecule has 0 aliphatic carbocycles. The second-order valence-corrected chi connectivity index (χ2v) is 4.39. The number of hydrogen-bond acceptors (Lipinski definition) is 3. The first kappa shape index (κ1) is 10.8. The molecule has 1 fully saturated rings. The monoisotopic (exact) mass is 242 g/mol. The average Bonchev–Trinajstić information content (AvgIpc) is 2.61. The molecule has 2 rings (SSSR count). The lowest BCUT2D eigenvalue weighted by atomic mass is 10.1. The highest BCUT2D eigenvalue weighted by atomic mass is 35.5. The number of rotatable bonds is 2. The van der Waals surface area contributed by atoms with E-state index < -0.39 is 0 Å². The van der Waals surface area contributed by atoms with E-state index in [0.29, 0.717) is 29.7 Å². The van der Waals surface area contributed by atoms with Gasteiger partial charge in [0.1, 0.15) is 5.82 Å². The molecule has 80 valence electrons. The minimum Gasteiger partial charge on any atom is -0.297 e. The number of hydrogen-bond donors (Lipinski definition) is 1. The van der Waals surface area contributed by atoms with Gasteiger partial charge >= 0.3 is 0 Å². The van der Waals surface area contributed by atoms with E-state index in [4.69, 9.17) is 11.6 Å². The number of halogens is 1. The number of thiol groups is 1. The van der Waals surface area contributed by atoms with Crippen LogP contribution in [0.25, 0.3) is 0 Å². The predicted octanol–water partition coefficient (Wildman–Crippen LogP) is 2.02. The quantitative estimate of drug-likeness (QED) is 0.805. The van der Waals surface area contributed by atoms with Crippen molar-refractivity contribution in [2.45, 2.75) is 6.42 Å². The SMILES string of the molecule is O=C1CC(CS)CN1c1ccc(Cl)cn1. The van der Waals surface area contributed by atoms with Gasteiger partial charge in [0.05, 0.1) is 5.02 Å².